The molecule has 1 N–H and O–H groups in total. The maximum absolute atomic E-state index is 10.3. The summed E-state index contributed by atoms with van der Waals surface area (Å²) in [5.74, 6) is 0. The lowest BCUT2D eigenvalue weighted by Crippen LogP contribution is -2.56. The molecule has 3 saturated heterocycles. The van der Waals surface area contributed by atoms with Gasteiger partial charge in [-0.05, 0) is 20.0 Å². The van der Waals surface area contributed by atoms with Gasteiger partial charge in [-0.3, -0.25) is 4.79 Å². The molecule has 1 spiro atoms. The van der Waals surface area contributed by atoms with Crippen LogP contribution in [0.15, 0.2) is 0 Å². The van der Waals surface area contributed by atoms with Crippen molar-refractivity contribution in [1.82, 2.24) is 15.1 Å². The van der Waals surface area contributed by atoms with Crippen molar-refractivity contribution in [2.45, 2.75) is 20.3 Å². The average Bonchev–Trinajstić information content (AvgIpc) is 3.08. The summed E-state index contributed by atoms with van der Waals surface area (Å²) in [6, 6.07) is 0. The number of amides is 1. The van der Waals surface area contributed by atoms with Gasteiger partial charge in [0.1, 0.15) is 0 Å². The van der Waals surface area contributed by atoms with Crippen LogP contribution in [0.2, 0.25) is 0 Å². The van der Waals surface area contributed by atoms with E-state index in [1.807, 2.05) is 18.7 Å². The summed E-state index contributed by atoms with van der Waals surface area (Å²) in [7, 11) is 2.15. The molecule has 0 saturated carbocycles. The van der Waals surface area contributed by atoms with Crippen LogP contribution in [-0.2, 0) is 4.79 Å². The molecule has 0 aromatic carbocycles. The van der Waals surface area contributed by atoms with Gasteiger partial charge in [-0.25, -0.2) is 0 Å². The van der Waals surface area contributed by atoms with Crippen LogP contribution in [0.3, 0.4) is 0 Å². The molecule has 1 amide bonds. The molecule has 3 fully saturated rings. The van der Waals surface area contributed by atoms with E-state index < -0.39 is 0 Å². The summed E-state index contributed by atoms with van der Waals surface area (Å²) < 4.78 is 0. The van der Waals surface area contributed by atoms with Crippen LogP contribution in [0.4, 0.5) is 0 Å². The summed E-state index contributed by atoms with van der Waals surface area (Å²) in [5, 5.41) is 3.00. The maximum atomic E-state index is 10.3. The molecular weight excluding hydrogens is 202 g/mol. The van der Waals surface area contributed by atoms with E-state index in [9.17, 15) is 4.79 Å². The van der Waals surface area contributed by atoms with Crippen molar-refractivity contribution in [3.8, 4) is 0 Å². The van der Waals surface area contributed by atoms with Gasteiger partial charge in [0.25, 0.3) is 0 Å². The lowest BCUT2D eigenvalue weighted by molar-refractivity contribution is -0.128. The minimum absolute atomic E-state index is 0.482. The van der Waals surface area contributed by atoms with Gasteiger partial charge in [-0.15, -0.1) is 0 Å². The molecule has 0 radical (unpaired) electrons. The fourth-order valence-electron chi connectivity index (χ4n) is 2.31. The molecule has 3 rings (SSSR count). The van der Waals surface area contributed by atoms with Gasteiger partial charge in [-0.1, -0.05) is 13.8 Å². The first-order chi connectivity index (χ1) is 7.74. The average molecular weight is 227 g/mol. The number of carbonyl (C=O) groups excluding carboxylic acids is 1. The fourth-order valence-corrected chi connectivity index (χ4v) is 2.31. The zero-order valence-corrected chi connectivity index (χ0v) is 10.8. The first kappa shape index (κ1) is 13.5. The van der Waals surface area contributed by atoms with E-state index >= 15 is 0 Å². The minimum atomic E-state index is 0.482. The van der Waals surface area contributed by atoms with Gasteiger partial charge in [0.05, 0.1) is 0 Å². The molecule has 3 heterocycles. The first-order valence-electron chi connectivity index (χ1n) is 6.33. The van der Waals surface area contributed by atoms with Crippen LogP contribution in [-0.4, -0.2) is 62.5 Å². The maximum Gasteiger partial charge on any atom is 0.209 e. The zero-order chi connectivity index (χ0) is 12.0. The van der Waals surface area contributed by atoms with Crippen molar-refractivity contribution in [1.29, 1.82) is 0 Å². The van der Waals surface area contributed by atoms with E-state index in [0.29, 0.717) is 5.41 Å². The summed E-state index contributed by atoms with van der Waals surface area (Å²) in [5.41, 5.74) is 0.482. The number of nitrogens with one attached hydrogen (secondary N) is 1. The normalized spacial score (nSPS) is 24.8. The summed E-state index contributed by atoms with van der Waals surface area (Å²) in [6.45, 7) is 10.9. The number of hydrogen-bond acceptors (Lipinski definition) is 3. The van der Waals surface area contributed by atoms with Crippen LogP contribution in [0.25, 0.3) is 0 Å². The Bertz CT molecular complexity index is 210. The second kappa shape index (κ2) is 6.21. The van der Waals surface area contributed by atoms with Crippen molar-refractivity contribution in [3.63, 3.8) is 0 Å². The SMILES string of the molecule is C1CN1.CC.CN1CCC2(C1)CN(C=O)C2. The molecule has 4 heteroatoms. The highest BCUT2D eigenvalue weighted by atomic mass is 16.1. The molecule has 0 aliphatic carbocycles. The second-order valence-electron chi connectivity index (χ2n) is 4.75. The van der Waals surface area contributed by atoms with Gasteiger partial charge in [0.2, 0.25) is 6.41 Å². The lowest BCUT2D eigenvalue weighted by Gasteiger charge is -2.46. The molecule has 0 bridgehead atoms. The third kappa shape index (κ3) is 3.76. The molecule has 0 aromatic heterocycles. The summed E-state index contributed by atoms with van der Waals surface area (Å²) in [6.07, 6.45) is 2.23. The van der Waals surface area contributed by atoms with Crippen molar-refractivity contribution in [3.05, 3.63) is 0 Å². The Labute approximate surface area is 99.0 Å². The number of hydrogen-bond donors (Lipinski definition) is 1. The largest absolute Gasteiger partial charge is 0.344 e. The molecule has 3 aliphatic heterocycles. The molecule has 0 unspecified atom stereocenters. The van der Waals surface area contributed by atoms with E-state index in [-0.39, 0.29) is 0 Å². The Kier molecular flexibility index (Phi) is 5.22. The van der Waals surface area contributed by atoms with Crippen molar-refractivity contribution < 1.29 is 4.79 Å². The third-order valence-electron chi connectivity index (χ3n) is 3.11. The highest BCUT2D eigenvalue weighted by Gasteiger charge is 2.46. The Balaban J connectivity index is 0.000000216. The number of likely N-dealkylation sites (tertiary alicyclic amines) is 2. The standard InChI is InChI=1S/C8H14N2O.C2H5N.C2H6/c1-9-3-2-8(4-9)5-10(6-8)7-11;1-2-3-1;1-2/h7H,2-6H2,1H3;3H,1-2H2;1-2H3. The van der Waals surface area contributed by atoms with Crippen LogP contribution in [0.1, 0.15) is 20.3 Å². The molecule has 4 nitrogen and oxygen atoms in total. The monoisotopic (exact) mass is 227 g/mol. The lowest BCUT2D eigenvalue weighted by atomic mass is 9.79. The first-order valence-corrected chi connectivity index (χ1v) is 6.33. The molecular formula is C12H25N3O. The van der Waals surface area contributed by atoms with Crippen LogP contribution < -0.4 is 5.32 Å². The van der Waals surface area contributed by atoms with Crippen LogP contribution in [0, 0.1) is 5.41 Å². The van der Waals surface area contributed by atoms with Gasteiger partial charge in [0.15, 0.2) is 0 Å². The summed E-state index contributed by atoms with van der Waals surface area (Å²) in [4.78, 5) is 14.5. The highest BCUT2D eigenvalue weighted by Crippen LogP contribution is 2.37. The molecule has 94 valence electrons. The predicted octanol–water partition coefficient (Wildman–Crippen LogP) is 0.396. The fraction of sp³-hybridized carbons (Fsp3) is 0.917. The van der Waals surface area contributed by atoms with Gasteiger partial charge in [0, 0.05) is 38.1 Å². The third-order valence-corrected chi connectivity index (χ3v) is 3.11. The number of nitrogens with zero attached hydrogens (tertiary/aromatic N) is 2. The Morgan fingerprint density at radius 3 is 2.06 bits per heavy atom. The van der Waals surface area contributed by atoms with Crippen LogP contribution in [0.5, 0.6) is 0 Å². The topological polar surface area (TPSA) is 45.5 Å². The zero-order valence-electron chi connectivity index (χ0n) is 10.8. The molecule has 0 atom stereocenters. The van der Waals surface area contributed by atoms with E-state index in [0.717, 1.165) is 19.5 Å². The van der Waals surface area contributed by atoms with E-state index in [1.165, 1.54) is 32.6 Å². The molecule has 16 heavy (non-hydrogen) atoms. The number of carbonyl (C=O) groups is 1. The van der Waals surface area contributed by atoms with Gasteiger partial charge in [-0.2, -0.15) is 0 Å². The van der Waals surface area contributed by atoms with E-state index in [1.54, 1.807) is 0 Å². The Morgan fingerprint density at radius 2 is 1.75 bits per heavy atom. The van der Waals surface area contributed by atoms with Crippen molar-refractivity contribution in [2.75, 3.05) is 46.3 Å². The van der Waals surface area contributed by atoms with Crippen LogP contribution >= 0.6 is 0 Å². The molecule has 0 aromatic rings. The predicted molar refractivity (Wildman–Crippen MR) is 66.4 cm³/mol. The number of rotatable bonds is 1. The molecule has 3 aliphatic rings. The Hall–Kier alpha value is -0.610. The van der Waals surface area contributed by atoms with Gasteiger partial charge < -0.3 is 15.1 Å². The van der Waals surface area contributed by atoms with Crippen molar-refractivity contribution >= 4 is 6.41 Å². The van der Waals surface area contributed by atoms with E-state index in [4.69, 9.17) is 0 Å². The van der Waals surface area contributed by atoms with E-state index in [2.05, 4.69) is 17.3 Å². The Morgan fingerprint density at radius 1 is 1.19 bits per heavy atom. The smallest absolute Gasteiger partial charge is 0.209 e. The minimum Gasteiger partial charge on any atom is -0.344 e. The van der Waals surface area contributed by atoms with Gasteiger partial charge >= 0.3 is 0 Å². The van der Waals surface area contributed by atoms with Crippen molar-refractivity contribution in [2.24, 2.45) is 5.41 Å². The second-order valence-corrected chi connectivity index (χ2v) is 4.75. The quantitative estimate of drug-likeness (QED) is 0.521. The summed E-state index contributed by atoms with van der Waals surface area (Å²) >= 11 is 0. The highest BCUT2D eigenvalue weighted by molar-refractivity contribution is 5.49.